The topological polar surface area (TPSA) is 78.1 Å². The van der Waals surface area contributed by atoms with E-state index in [-0.39, 0.29) is 39.0 Å². The lowest BCUT2D eigenvalue weighted by molar-refractivity contribution is -0.190. The van der Waals surface area contributed by atoms with Crippen molar-refractivity contribution in [1.82, 2.24) is 29.5 Å². The first kappa shape index (κ1) is 19.6. The zero-order chi connectivity index (χ0) is 19.9. The molecule has 0 saturated carbocycles. The van der Waals surface area contributed by atoms with E-state index in [0.717, 1.165) is 11.4 Å². The van der Waals surface area contributed by atoms with Crippen LogP contribution in [-0.4, -0.2) is 41.8 Å². The molecule has 0 spiro atoms. The molecule has 0 bridgehead atoms. The summed E-state index contributed by atoms with van der Waals surface area (Å²) in [5.41, 5.74) is 0.0323. The van der Waals surface area contributed by atoms with Gasteiger partial charge >= 0.3 is 6.18 Å². The van der Waals surface area contributed by atoms with E-state index in [2.05, 4.69) is 25.0 Å². The van der Waals surface area contributed by atoms with Gasteiger partial charge in [0.15, 0.2) is 11.9 Å². The maximum atomic E-state index is 13.1. The molecular weight excluding hydrogens is 408 g/mol. The van der Waals surface area contributed by atoms with Gasteiger partial charge in [0.25, 0.3) is 5.78 Å². The third kappa shape index (κ3) is 3.77. The minimum absolute atomic E-state index is 0.00185. The highest BCUT2D eigenvalue weighted by Crippen LogP contribution is 2.39. The first-order valence-corrected chi connectivity index (χ1v) is 8.50. The van der Waals surface area contributed by atoms with Crippen molar-refractivity contribution in [3.8, 4) is 17.1 Å². The van der Waals surface area contributed by atoms with Gasteiger partial charge < -0.3 is 4.74 Å². The van der Waals surface area contributed by atoms with Crippen LogP contribution in [0.1, 0.15) is 32.5 Å². The van der Waals surface area contributed by atoms with Gasteiger partial charge in [-0.3, -0.25) is 0 Å². The van der Waals surface area contributed by atoms with Gasteiger partial charge in [-0.05, 0) is 6.92 Å². The van der Waals surface area contributed by atoms with Crippen LogP contribution in [0.2, 0.25) is 10.2 Å². The summed E-state index contributed by atoms with van der Waals surface area (Å²) in [4.78, 5) is 16.0. The van der Waals surface area contributed by atoms with Crippen LogP contribution in [0.5, 0.6) is 5.88 Å². The van der Waals surface area contributed by atoms with Gasteiger partial charge in [-0.2, -0.15) is 27.7 Å². The number of fused-ring (bicyclic) bond motifs is 1. The van der Waals surface area contributed by atoms with E-state index in [4.69, 9.17) is 27.9 Å². The van der Waals surface area contributed by atoms with Crippen LogP contribution in [0.3, 0.4) is 0 Å². The van der Waals surface area contributed by atoms with E-state index in [9.17, 15) is 13.2 Å². The molecule has 1 unspecified atom stereocenters. The highest BCUT2D eigenvalue weighted by Gasteiger charge is 2.39. The SMILES string of the molecule is CC(C)c1nc2nc(Cl)c(-c3ncncc3Cl)c(OC(C)C(F)(F)F)n2n1. The fourth-order valence-corrected chi connectivity index (χ4v) is 2.59. The lowest BCUT2D eigenvalue weighted by Gasteiger charge is -2.20. The predicted molar refractivity (Wildman–Crippen MR) is 92.1 cm³/mol. The summed E-state index contributed by atoms with van der Waals surface area (Å²) in [5, 5.41) is 4.10. The highest BCUT2D eigenvalue weighted by molar-refractivity contribution is 6.35. The summed E-state index contributed by atoms with van der Waals surface area (Å²) < 4.78 is 45.6. The van der Waals surface area contributed by atoms with Gasteiger partial charge in [0.05, 0.1) is 5.02 Å². The summed E-state index contributed by atoms with van der Waals surface area (Å²) in [6.45, 7) is 4.53. The molecule has 3 rings (SSSR count). The molecule has 12 heteroatoms. The Bertz CT molecular complexity index is 992. The number of ether oxygens (including phenoxy) is 1. The fourth-order valence-electron chi connectivity index (χ4n) is 2.15. The molecule has 3 aromatic rings. The summed E-state index contributed by atoms with van der Waals surface area (Å²) in [6, 6.07) is 0. The number of rotatable bonds is 4. The number of aromatic nitrogens is 6. The highest BCUT2D eigenvalue weighted by atomic mass is 35.5. The molecule has 0 fully saturated rings. The molecule has 0 aliphatic rings. The summed E-state index contributed by atoms with van der Waals surface area (Å²) in [6.07, 6.45) is -4.30. The number of nitrogens with zero attached hydrogens (tertiary/aromatic N) is 6. The van der Waals surface area contributed by atoms with Gasteiger partial charge in [0, 0.05) is 12.1 Å². The Labute approximate surface area is 161 Å². The van der Waals surface area contributed by atoms with Gasteiger partial charge in [-0.15, -0.1) is 5.10 Å². The zero-order valence-corrected chi connectivity index (χ0v) is 15.8. The van der Waals surface area contributed by atoms with Crippen LogP contribution in [0.4, 0.5) is 13.2 Å². The minimum Gasteiger partial charge on any atom is -0.464 e. The Kier molecular flexibility index (Phi) is 5.13. The molecule has 1 atom stereocenters. The second-order valence-corrected chi connectivity index (χ2v) is 6.71. The van der Waals surface area contributed by atoms with Crippen LogP contribution in [0, 0.1) is 0 Å². The molecule has 0 saturated heterocycles. The first-order chi connectivity index (χ1) is 12.6. The van der Waals surface area contributed by atoms with Gasteiger partial charge in [-0.1, -0.05) is 37.0 Å². The Morgan fingerprint density at radius 1 is 1.15 bits per heavy atom. The van der Waals surface area contributed by atoms with Crippen LogP contribution in [0.25, 0.3) is 17.0 Å². The van der Waals surface area contributed by atoms with Crippen molar-refractivity contribution < 1.29 is 17.9 Å². The molecule has 3 heterocycles. The summed E-state index contributed by atoms with van der Waals surface area (Å²) in [5.74, 6) is -0.0321. The maximum absolute atomic E-state index is 13.1. The standard InChI is InChI=1S/C15H13Cl2F3N6O/c1-6(2)12-24-14-23-11(17)9(10-8(16)4-21-5-22-10)13(26(14)25-12)27-7(3)15(18,19)20/h4-7H,1-3H3. The van der Waals surface area contributed by atoms with Crippen molar-refractivity contribution in [2.75, 3.05) is 0 Å². The first-order valence-electron chi connectivity index (χ1n) is 7.75. The van der Waals surface area contributed by atoms with Crippen LogP contribution >= 0.6 is 23.2 Å². The quantitative estimate of drug-likeness (QED) is 0.584. The lowest BCUT2D eigenvalue weighted by atomic mass is 10.2. The molecule has 0 aliphatic heterocycles. The van der Waals surface area contributed by atoms with E-state index in [0.29, 0.717) is 5.82 Å². The van der Waals surface area contributed by atoms with Gasteiger partial charge in [0.2, 0.25) is 5.88 Å². The normalized spacial score (nSPS) is 13.4. The predicted octanol–water partition coefficient (Wildman–Crippen LogP) is 4.34. The molecule has 144 valence electrons. The minimum atomic E-state index is -4.61. The number of halogens is 5. The van der Waals surface area contributed by atoms with E-state index >= 15 is 0 Å². The largest absolute Gasteiger partial charge is 0.464 e. The molecule has 0 aliphatic carbocycles. The Balaban J connectivity index is 2.31. The lowest BCUT2D eigenvalue weighted by Crippen LogP contribution is -2.32. The molecule has 7 nitrogen and oxygen atoms in total. The van der Waals surface area contributed by atoms with Crippen molar-refractivity contribution in [2.24, 2.45) is 0 Å². The Morgan fingerprint density at radius 2 is 1.85 bits per heavy atom. The van der Waals surface area contributed by atoms with E-state index < -0.39 is 12.3 Å². The van der Waals surface area contributed by atoms with Crippen molar-refractivity contribution in [1.29, 1.82) is 0 Å². The van der Waals surface area contributed by atoms with Crippen molar-refractivity contribution >= 4 is 29.0 Å². The Hall–Kier alpha value is -2.20. The number of alkyl halides is 3. The molecular formula is C15H13Cl2F3N6O. The molecule has 0 amide bonds. The molecule has 0 aromatic carbocycles. The monoisotopic (exact) mass is 420 g/mol. The smallest absolute Gasteiger partial charge is 0.425 e. The van der Waals surface area contributed by atoms with E-state index in [1.165, 1.54) is 12.5 Å². The molecule has 27 heavy (non-hydrogen) atoms. The molecule has 0 radical (unpaired) electrons. The third-order valence-corrected chi connectivity index (χ3v) is 4.14. The molecule has 0 N–H and O–H groups in total. The van der Waals surface area contributed by atoms with Crippen LogP contribution in [-0.2, 0) is 0 Å². The fraction of sp³-hybridized carbons (Fsp3) is 0.400. The van der Waals surface area contributed by atoms with Crippen molar-refractivity contribution in [3.05, 3.63) is 28.5 Å². The Morgan fingerprint density at radius 3 is 2.44 bits per heavy atom. The van der Waals surface area contributed by atoms with Crippen molar-refractivity contribution in [2.45, 2.75) is 39.0 Å². The summed E-state index contributed by atoms with van der Waals surface area (Å²) >= 11 is 12.3. The van der Waals surface area contributed by atoms with Gasteiger partial charge in [0.1, 0.15) is 22.7 Å². The summed E-state index contributed by atoms with van der Waals surface area (Å²) in [7, 11) is 0. The number of hydrogen-bond acceptors (Lipinski definition) is 6. The van der Waals surface area contributed by atoms with E-state index in [1.54, 1.807) is 0 Å². The second-order valence-electron chi connectivity index (χ2n) is 5.94. The van der Waals surface area contributed by atoms with Crippen LogP contribution < -0.4 is 4.74 Å². The molecule has 3 aromatic heterocycles. The van der Waals surface area contributed by atoms with E-state index in [1.807, 2.05) is 13.8 Å². The average molecular weight is 421 g/mol. The van der Waals surface area contributed by atoms with Crippen LogP contribution in [0.15, 0.2) is 12.5 Å². The third-order valence-electron chi connectivity index (χ3n) is 3.59. The van der Waals surface area contributed by atoms with Crippen molar-refractivity contribution in [3.63, 3.8) is 0 Å². The van der Waals surface area contributed by atoms with Gasteiger partial charge in [-0.25, -0.2) is 9.97 Å². The zero-order valence-electron chi connectivity index (χ0n) is 14.3. The average Bonchev–Trinajstić information content (AvgIpc) is 2.99. The maximum Gasteiger partial charge on any atom is 0.425 e. The second kappa shape index (κ2) is 7.08. The number of hydrogen-bond donors (Lipinski definition) is 0.